The molecule has 4 heterocycles. The Morgan fingerprint density at radius 3 is 2.93 bits per heavy atom. The fraction of sp³-hybridized carbons (Fsp3) is 0.400. The number of carbonyl (C=O) groups excluding carboxylic acids is 1. The molecule has 1 atom stereocenters. The van der Waals surface area contributed by atoms with E-state index < -0.39 is 0 Å². The first-order valence-electron chi connectivity index (χ1n) is 9.52. The smallest absolute Gasteiger partial charge is 0.256 e. The average Bonchev–Trinajstić information content (AvgIpc) is 3.38. The molecule has 7 nitrogen and oxygen atoms in total. The zero-order valence-electron chi connectivity index (χ0n) is 15.8. The van der Waals surface area contributed by atoms with Crippen LogP contribution in [0.5, 0.6) is 0 Å². The molecule has 3 aromatic rings. The molecule has 0 saturated heterocycles. The van der Waals surface area contributed by atoms with Crippen molar-refractivity contribution in [1.29, 1.82) is 0 Å². The summed E-state index contributed by atoms with van der Waals surface area (Å²) in [6.07, 6.45) is 7.83. The number of amides is 1. The fourth-order valence-corrected chi connectivity index (χ4v) is 4.13. The summed E-state index contributed by atoms with van der Waals surface area (Å²) in [7, 11) is 1.97. The Hall–Kier alpha value is -3.03. The molecule has 1 aliphatic carbocycles. The van der Waals surface area contributed by atoms with Gasteiger partial charge in [0.2, 0.25) is 0 Å². The molecule has 1 amide bonds. The van der Waals surface area contributed by atoms with Gasteiger partial charge in [-0.15, -0.1) is 0 Å². The Bertz CT molecular complexity index is 1090. The zero-order valence-corrected chi connectivity index (χ0v) is 15.8. The van der Waals surface area contributed by atoms with Crippen LogP contribution in [-0.4, -0.2) is 38.6 Å². The zero-order chi connectivity index (χ0) is 19.5. The largest absolute Gasteiger partial charge is 0.350 e. The van der Waals surface area contributed by atoms with E-state index in [1.165, 1.54) is 6.20 Å². The molecule has 2 aliphatic rings. The SMILES string of the molecule is C[C@@H]1CCc2ncc(F)cc2C2(CC2)N(C)c2ccn3ncc(c3n2)C(=O)N1. The van der Waals surface area contributed by atoms with Crippen LogP contribution >= 0.6 is 0 Å². The second kappa shape index (κ2) is 5.98. The van der Waals surface area contributed by atoms with Crippen LogP contribution in [0.15, 0.2) is 30.7 Å². The normalized spacial score (nSPS) is 21.0. The predicted octanol–water partition coefficient (Wildman–Crippen LogP) is 2.45. The molecule has 0 unspecified atom stereocenters. The Labute approximate surface area is 161 Å². The minimum absolute atomic E-state index is 0.0565. The topological polar surface area (TPSA) is 75.4 Å². The Kier molecular flexibility index (Phi) is 3.65. The number of hydrogen-bond acceptors (Lipinski definition) is 5. The van der Waals surface area contributed by atoms with Gasteiger partial charge in [-0.05, 0) is 44.7 Å². The summed E-state index contributed by atoms with van der Waals surface area (Å²) in [5, 5.41) is 7.26. The fourth-order valence-electron chi connectivity index (χ4n) is 4.13. The van der Waals surface area contributed by atoms with Crippen molar-refractivity contribution in [3.63, 3.8) is 0 Å². The van der Waals surface area contributed by atoms with Gasteiger partial charge in [0.1, 0.15) is 17.2 Å². The maximum absolute atomic E-state index is 14.1. The summed E-state index contributed by atoms with van der Waals surface area (Å²) in [6, 6.07) is 3.42. The van der Waals surface area contributed by atoms with Crippen LogP contribution < -0.4 is 10.2 Å². The number of rotatable bonds is 0. The summed E-state index contributed by atoms with van der Waals surface area (Å²) < 4.78 is 15.7. The van der Waals surface area contributed by atoms with E-state index >= 15 is 0 Å². The maximum Gasteiger partial charge on any atom is 0.256 e. The number of hydrogen-bond donors (Lipinski definition) is 1. The van der Waals surface area contributed by atoms with Crippen molar-refractivity contribution < 1.29 is 9.18 Å². The van der Waals surface area contributed by atoms with Crippen LogP contribution in [0.2, 0.25) is 0 Å². The molecule has 144 valence electrons. The summed E-state index contributed by atoms with van der Waals surface area (Å²) in [6.45, 7) is 1.96. The molecular weight excluding hydrogens is 359 g/mol. The number of nitrogens with zero attached hydrogens (tertiary/aromatic N) is 5. The molecule has 28 heavy (non-hydrogen) atoms. The molecule has 1 fully saturated rings. The van der Waals surface area contributed by atoms with Gasteiger partial charge in [0, 0.05) is 30.5 Å². The van der Waals surface area contributed by atoms with Gasteiger partial charge >= 0.3 is 0 Å². The van der Waals surface area contributed by atoms with Crippen LogP contribution in [0.25, 0.3) is 5.65 Å². The van der Waals surface area contributed by atoms with E-state index in [1.807, 2.05) is 20.0 Å². The van der Waals surface area contributed by atoms with Gasteiger partial charge in [-0.25, -0.2) is 13.9 Å². The lowest BCUT2D eigenvalue weighted by Crippen LogP contribution is -2.34. The van der Waals surface area contributed by atoms with Crippen molar-refractivity contribution in [2.45, 2.75) is 44.2 Å². The minimum atomic E-state index is -0.328. The Morgan fingerprint density at radius 2 is 2.14 bits per heavy atom. The van der Waals surface area contributed by atoms with Gasteiger partial charge in [-0.2, -0.15) is 5.10 Å². The number of anilines is 1. The molecule has 1 saturated carbocycles. The lowest BCUT2D eigenvalue weighted by Gasteiger charge is -2.31. The quantitative estimate of drug-likeness (QED) is 0.648. The number of fused-ring (bicyclic) bond motifs is 3. The second-order valence-corrected chi connectivity index (χ2v) is 7.76. The molecule has 1 aliphatic heterocycles. The third kappa shape index (κ3) is 2.55. The highest BCUT2D eigenvalue weighted by Crippen LogP contribution is 2.52. The third-order valence-electron chi connectivity index (χ3n) is 5.94. The van der Waals surface area contributed by atoms with Crippen molar-refractivity contribution >= 4 is 17.4 Å². The maximum atomic E-state index is 14.1. The number of aromatic nitrogens is 4. The molecule has 5 rings (SSSR count). The molecular formula is C20H21FN6O. The summed E-state index contributed by atoms with van der Waals surface area (Å²) in [5.41, 5.74) is 2.46. The monoisotopic (exact) mass is 380 g/mol. The number of carbonyl (C=O) groups is 1. The first kappa shape index (κ1) is 17.1. The predicted molar refractivity (Wildman–Crippen MR) is 102 cm³/mol. The van der Waals surface area contributed by atoms with Crippen molar-refractivity contribution in [1.82, 2.24) is 24.9 Å². The van der Waals surface area contributed by atoms with Crippen LogP contribution in [-0.2, 0) is 12.0 Å². The van der Waals surface area contributed by atoms with Gasteiger partial charge in [-0.3, -0.25) is 9.78 Å². The van der Waals surface area contributed by atoms with E-state index in [0.717, 1.165) is 29.9 Å². The second-order valence-electron chi connectivity index (χ2n) is 7.76. The number of nitrogens with one attached hydrogen (secondary N) is 1. The summed E-state index contributed by atoms with van der Waals surface area (Å²) >= 11 is 0. The lowest BCUT2D eigenvalue weighted by molar-refractivity contribution is 0.0940. The van der Waals surface area contributed by atoms with Crippen molar-refractivity contribution in [3.8, 4) is 0 Å². The highest BCUT2D eigenvalue weighted by Gasteiger charge is 2.50. The number of halogens is 1. The standard InChI is InChI=1S/C20H21FN6O/c1-12-3-4-16-15(9-13(21)10-22-16)20(6-7-20)26(2)17-5-8-27-18(25-17)14(11-23-27)19(28)24-12/h5,8-12H,3-4,6-7H2,1-2H3,(H,24,28)/t12-/m1/s1. The molecule has 3 aromatic heterocycles. The van der Waals surface area contributed by atoms with Gasteiger partial charge in [0.05, 0.1) is 17.9 Å². The molecule has 8 heteroatoms. The molecule has 0 radical (unpaired) electrons. The van der Waals surface area contributed by atoms with Crippen LogP contribution in [0, 0.1) is 5.82 Å². The van der Waals surface area contributed by atoms with Crippen molar-refractivity contribution in [2.75, 3.05) is 11.9 Å². The summed E-state index contributed by atoms with van der Waals surface area (Å²) in [5.74, 6) is 0.204. The van der Waals surface area contributed by atoms with Crippen LogP contribution in [0.4, 0.5) is 10.2 Å². The molecule has 0 aromatic carbocycles. The van der Waals surface area contributed by atoms with E-state index in [4.69, 9.17) is 4.98 Å². The van der Waals surface area contributed by atoms with Gasteiger partial charge in [-0.1, -0.05) is 0 Å². The lowest BCUT2D eigenvalue weighted by atomic mass is 9.97. The van der Waals surface area contributed by atoms with Gasteiger partial charge in [0.15, 0.2) is 5.65 Å². The van der Waals surface area contributed by atoms with Gasteiger partial charge in [0.25, 0.3) is 5.91 Å². The number of aryl methyl sites for hydroxylation is 1. The van der Waals surface area contributed by atoms with Crippen molar-refractivity contribution in [3.05, 3.63) is 53.4 Å². The van der Waals surface area contributed by atoms with E-state index in [1.54, 1.807) is 23.0 Å². The number of pyridine rings is 1. The first-order chi connectivity index (χ1) is 13.5. The van der Waals surface area contributed by atoms with E-state index in [9.17, 15) is 9.18 Å². The first-order valence-corrected chi connectivity index (χ1v) is 9.52. The van der Waals surface area contributed by atoms with Gasteiger partial charge < -0.3 is 10.2 Å². The minimum Gasteiger partial charge on any atom is -0.350 e. The van der Waals surface area contributed by atoms with Crippen LogP contribution in [0.3, 0.4) is 0 Å². The van der Waals surface area contributed by atoms with Crippen molar-refractivity contribution in [2.24, 2.45) is 0 Å². The van der Waals surface area contributed by atoms with E-state index in [-0.39, 0.29) is 23.3 Å². The van der Waals surface area contributed by atoms with E-state index in [0.29, 0.717) is 24.1 Å². The summed E-state index contributed by atoms with van der Waals surface area (Å²) in [4.78, 5) is 23.9. The van der Waals surface area contributed by atoms with E-state index in [2.05, 4.69) is 20.3 Å². The Morgan fingerprint density at radius 1 is 1.32 bits per heavy atom. The molecule has 1 spiro atoms. The molecule has 2 bridgehead atoms. The highest BCUT2D eigenvalue weighted by atomic mass is 19.1. The average molecular weight is 380 g/mol. The third-order valence-corrected chi connectivity index (χ3v) is 5.94. The molecule has 1 N–H and O–H groups in total. The Balaban J connectivity index is 1.70. The van der Waals surface area contributed by atoms with Crippen LogP contribution in [0.1, 0.15) is 47.8 Å². The highest BCUT2D eigenvalue weighted by molar-refractivity contribution is 5.99.